The first-order chi connectivity index (χ1) is 9.00. The van der Waals surface area contributed by atoms with Gasteiger partial charge in [-0.15, -0.1) is 0 Å². The average molecular weight is 283 g/mol. The Bertz CT molecular complexity index is 457. The SMILES string of the molecule is CN=C(NCc1nc(C)no1)N1CCSC(C)(C)C1. The molecule has 19 heavy (non-hydrogen) atoms. The Morgan fingerprint density at radius 1 is 1.58 bits per heavy atom. The van der Waals surface area contributed by atoms with Crippen LogP contribution in [-0.4, -0.2) is 51.6 Å². The second kappa shape index (κ2) is 5.81. The second-order valence-electron chi connectivity index (χ2n) is 5.17. The van der Waals surface area contributed by atoms with Crippen LogP contribution in [0.2, 0.25) is 0 Å². The lowest BCUT2D eigenvalue weighted by molar-refractivity contribution is 0.355. The average Bonchev–Trinajstić information content (AvgIpc) is 2.75. The van der Waals surface area contributed by atoms with E-state index in [-0.39, 0.29) is 4.75 Å². The molecule has 0 spiro atoms. The fourth-order valence-electron chi connectivity index (χ4n) is 2.10. The molecule has 1 N–H and O–H groups in total. The number of aryl methyl sites for hydroxylation is 1. The Labute approximate surface area is 118 Å². The summed E-state index contributed by atoms with van der Waals surface area (Å²) in [6, 6.07) is 0. The highest BCUT2D eigenvalue weighted by molar-refractivity contribution is 8.00. The number of nitrogens with zero attached hydrogens (tertiary/aromatic N) is 4. The van der Waals surface area contributed by atoms with Gasteiger partial charge in [0.05, 0.1) is 6.54 Å². The highest BCUT2D eigenvalue weighted by Crippen LogP contribution is 2.29. The van der Waals surface area contributed by atoms with Crippen molar-refractivity contribution in [3.63, 3.8) is 0 Å². The fourth-order valence-corrected chi connectivity index (χ4v) is 3.21. The van der Waals surface area contributed by atoms with Crippen LogP contribution in [0.15, 0.2) is 9.52 Å². The zero-order valence-electron chi connectivity index (χ0n) is 11.9. The third-order valence-electron chi connectivity index (χ3n) is 2.90. The van der Waals surface area contributed by atoms with E-state index in [1.807, 2.05) is 18.7 Å². The third kappa shape index (κ3) is 3.86. The molecule has 0 amide bonds. The van der Waals surface area contributed by atoms with Crippen molar-refractivity contribution in [2.75, 3.05) is 25.9 Å². The van der Waals surface area contributed by atoms with Crippen LogP contribution in [0.5, 0.6) is 0 Å². The van der Waals surface area contributed by atoms with Crippen LogP contribution < -0.4 is 5.32 Å². The Hall–Kier alpha value is -1.24. The van der Waals surface area contributed by atoms with E-state index in [9.17, 15) is 0 Å². The molecule has 2 heterocycles. The summed E-state index contributed by atoms with van der Waals surface area (Å²) in [5.74, 6) is 3.25. The fraction of sp³-hybridized carbons (Fsp3) is 0.750. The third-order valence-corrected chi connectivity index (χ3v) is 4.20. The lowest BCUT2D eigenvalue weighted by Gasteiger charge is -2.39. The zero-order valence-corrected chi connectivity index (χ0v) is 12.8. The maximum Gasteiger partial charge on any atom is 0.246 e. The molecule has 7 heteroatoms. The normalized spacial score (nSPS) is 19.6. The van der Waals surface area contributed by atoms with Crippen LogP contribution in [0.1, 0.15) is 25.6 Å². The van der Waals surface area contributed by atoms with Gasteiger partial charge in [0.25, 0.3) is 0 Å². The maximum absolute atomic E-state index is 5.09. The minimum atomic E-state index is 0.261. The van der Waals surface area contributed by atoms with Crippen LogP contribution in [0, 0.1) is 6.92 Å². The van der Waals surface area contributed by atoms with Gasteiger partial charge in [0.2, 0.25) is 5.89 Å². The molecule has 0 saturated carbocycles. The molecule has 1 fully saturated rings. The van der Waals surface area contributed by atoms with E-state index in [2.05, 4.69) is 39.2 Å². The van der Waals surface area contributed by atoms with Crippen LogP contribution in [0.3, 0.4) is 0 Å². The number of hydrogen-bond donors (Lipinski definition) is 1. The molecule has 1 aromatic rings. The molecule has 1 aliphatic heterocycles. The molecule has 106 valence electrons. The molecule has 1 aliphatic rings. The van der Waals surface area contributed by atoms with Crippen LogP contribution in [0.25, 0.3) is 0 Å². The molecule has 0 bridgehead atoms. The summed E-state index contributed by atoms with van der Waals surface area (Å²) < 4.78 is 5.35. The van der Waals surface area contributed by atoms with Gasteiger partial charge in [-0.05, 0) is 20.8 Å². The topological polar surface area (TPSA) is 66.5 Å². The lowest BCUT2D eigenvalue weighted by Crippen LogP contribution is -2.50. The van der Waals surface area contributed by atoms with Crippen LogP contribution >= 0.6 is 11.8 Å². The number of aliphatic imine (C=N–C) groups is 1. The van der Waals surface area contributed by atoms with Crippen molar-refractivity contribution < 1.29 is 4.52 Å². The van der Waals surface area contributed by atoms with Gasteiger partial charge >= 0.3 is 0 Å². The van der Waals surface area contributed by atoms with Gasteiger partial charge in [0.1, 0.15) is 0 Å². The van der Waals surface area contributed by atoms with Gasteiger partial charge in [0, 0.05) is 30.6 Å². The molecule has 1 aromatic heterocycles. The number of hydrogen-bond acceptors (Lipinski definition) is 5. The van der Waals surface area contributed by atoms with Crippen molar-refractivity contribution in [1.82, 2.24) is 20.4 Å². The van der Waals surface area contributed by atoms with Crippen LogP contribution in [0.4, 0.5) is 0 Å². The van der Waals surface area contributed by atoms with Crippen molar-refractivity contribution in [3.05, 3.63) is 11.7 Å². The number of nitrogens with one attached hydrogen (secondary N) is 1. The first kappa shape index (κ1) is 14.2. The molecular formula is C12H21N5OS. The summed E-state index contributed by atoms with van der Waals surface area (Å²) in [5, 5.41) is 7.05. The molecule has 0 radical (unpaired) electrons. The minimum absolute atomic E-state index is 0.261. The summed E-state index contributed by atoms with van der Waals surface area (Å²) in [5.41, 5.74) is 0. The minimum Gasteiger partial charge on any atom is -0.347 e. The largest absolute Gasteiger partial charge is 0.347 e. The maximum atomic E-state index is 5.09. The first-order valence-electron chi connectivity index (χ1n) is 6.39. The Morgan fingerprint density at radius 3 is 2.95 bits per heavy atom. The van der Waals surface area contributed by atoms with E-state index < -0.39 is 0 Å². The highest BCUT2D eigenvalue weighted by Gasteiger charge is 2.28. The molecule has 2 rings (SSSR count). The first-order valence-corrected chi connectivity index (χ1v) is 7.37. The van der Waals surface area contributed by atoms with E-state index in [0.29, 0.717) is 18.3 Å². The molecule has 0 unspecified atom stereocenters. The van der Waals surface area contributed by atoms with Crippen molar-refractivity contribution in [1.29, 1.82) is 0 Å². The summed E-state index contributed by atoms with van der Waals surface area (Å²) in [6.45, 7) is 8.84. The smallest absolute Gasteiger partial charge is 0.246 e. The van der Waals surface area contributed by atoms with E-state index >= 15 is 0 Å². The summed E-state index contributed by atoms with van der Waals surface area (Å²) in [4.78, 5) is 10.8. The van der Waals surface area contributed by atoms with E-state index in [0.717, 1.165) is 24.8 Å². The summed E-state index contributed by atoms with van der Waals surface area (Å²) >= 11 is 2.00. The quantitative estimate of drug-likeness (QED) is 0.651. The number of guanidine groups is 1. The standard InChI is InChI=1S/C12H21N5OS/c1-9-15-10(18-16-9)7-14-11(13-4)17-5-6-19-12(2,3)8-17/h5-8H2,1-4H3,(H,13,14). The second-order valence-corrected chi connectivity index (χ2v) is 6.97. The van der Waals surface area contributed by atoms with Crippen molar-refractivity contribution in [2.45, 2.75) is 32.1 Å². The van der Waals surface area contributed by atoms with E-state index in [1.165, 1.54) is 0 Å². The zero-order chi connectivity index (χ0) is 13.9. The van der Waals surface area contributed by atoms with Gasteiger partial charge in [0.15, 0.2) is 11.8 Å². The Morgan fingerprint density at radius 2 is 2.37 bits per heavy atom. The van der Waals surface area contributed by atoms with Crippen LogP contribution in [-0.2, 0) is 6.54 Å². The molecule has 0 atom stereocenters. The molecule has 6 nitrogen and oxygen atoms in total. The lowest BCUT2D eigenvalue weighted by atomic mass is 10.2. The van der Waals surface area contributed by atoms with Gasteiger partial charge in [-0.2, -0.15) is 16.7 Å². The Kier molecular flexibility index (Phi) is 4.34. The predicted octanol–water partition coefficient (Wildman–Crippen LogP) is 1.28. The number of aromatic nitrogens is 2. The van der Waals surface area contributed by atoms with Gasteiger partial charge in [-0.1, -0.05) is 5.16 Å². The summed E-state index contributed by atoms with van der Waals surface area (Å²) in [7, 11) is 1.80. The van der Waals surface area contributed by atoms with Gasteiger partial charge < -0.3 is 14.7 Å². The van der Waals surface area contributed by atoms with Gasteiger partial charge in [-0.25, -0.2) is 0 Å². The molecule has 0 aromatic carbocycles. The highest BCUT2D eigenvalue weighted by atomic mass is 32.2. The van der Waals surface area contributed by atoms with Crippen molar-refractivity contribution in [2.24, 2.45) is 4.99 Å². The van der Waals surface area contributed by atoms with Crippen molar-refractivity contribution in [3.8, 4) is 0 Å². The Balaban J connectivity index is 1.93. The van der Waals surface area contributed by atoms with E-state index in [1.54, 1.807) is 7.05 Å². The number of rotatable bonds is 2. The molecule has 1 saturated heterocycles. The molecular weight excluding hydrogens is 262 g/mol. The number of thioether (sulfide) groups is 1. The predicted molar refractivity (Wildman–Crippen MR) is 77.3 cm³/mol. The monoisotopic (exact) mass is 283 g/mol. The van der Waals surface area contributed by atoms with E-state index in [4.69, 9.17) is 4.52 Å². The summed E-state index contributed by atoms with van der Waals surface area (Å²) in [6.07, 6.45) is 0. The van der Waals surface area contributed by atoms with Crippen molar-refractivity contribution >= 4 is 17.7 Å². The van der Waals surface area contributed by atoms with Gasteiger partial charge in [-0.3, -0.25) is 4.99 Å². The molecule has 0 aliphatic carbocycles.